The highest BCUT2D eigenvalue weighted by Gasteiger charge is 2.14. The van der Waals surface area contributed by atoms with Crippen LogP contribution in [0.1, 0.15) is 25.6 Å². The summed E-state index contributed by atoms with van der Waals surface area (Å²) in [6, 6.07) is 0.139. The molecule has 0 saturated carbocycles. The van der Waals surface area contributed by atoms with Crippen molar-refractivity contribution in [3.63, 3.8) is 0 Å². The van der Waals surface area contributed by atoms with Crippen molar-refractivity contribution in [2.75, 3.05) is 20.2 Å². The Morgan fingerprint density at radius 1 is 1.62 bits per heavy atom. The zero-order valence-electron chi connectivity index (χ0n) is 10.3. The minimum atomic E-state index is 0.139. The van der Waals surface area contributed by atoms with Crippen molar-refractivity contribution >= 4 is 0 Å². The van der Waals surface area contributed by atoms with E-state index in [1.807, 2.05) is 19.4 Å². The lowest BCUT2D eigenvalue weighted by Crippen LogP contribution is -2.35. The molecule has 0 fully saturated rings. The molecule has 0 radical (unpaired) electrons. The summed E-state index contributed by atoms with van der Waals surface area (Å²) < 4.78 is 7.29. The molecule has 3 N–H and O–H groups in total. The van der Waals surface area contributed by atoms with Gasteiger partial charge in [0.1, 0.15) is 0 Å². The van der Waals surface area contributed by atoms with Gasteiger partial charge in [0.2, 0.25) is 0 Å². The molecule has 0 aliphatic heterocycles. The maximum Gasteiger partial charge on any atom is 0.0948 e. The molecule has 0 aliphatic rings. The van der Waals surface area contributed by atoms with Gasteiger partial charge in [0.25, 0.3) is 0 Å². The van der Waals surface area contributed by atoms with E-state index in [0.29, 0.717) is 6.54 Å². The maximum absolute atomic E-state index is 5.77. The molecule has 0 amide bonds. The zero-order valence-corrected chi connectivity index (χ0v) is 10.3. The van der Waals surface area contributed by atoms with Gasteiger partial charge in [0, 0.05) is 32.9 Å². The molecule has 0 aliphatic carbocycles. The van der Waals surface area contributed by atoms with E-state index in [0.717, 1.165) is 18.8 Å². The van der Waals surface area contributed by atoms with Gasteiger partial charge < -0.3 is 20.4 Å². The number of ether oxygens (including phenoxy) is 1. The molecule has 2 atom stereocenters. The summed E-state index contributed by atoms with van der Waals surface area (Å²) in [4.78, 5) is 4.15. The van der Waals surface area contributed by atoms with Gasteiger partial charge in [-0.15, -0.1) is 0 Å². The van der Waals surface area contributed by atoms with E-state index in [2.05, 4.69) is 21.8 Å². The summed E-state index contributed by atoms with van der Waals surface area (Å²) in [6.45, 7) is 6.37. The van der Waals surface area contributed by atoms with Crippen molar-refractivity contribution in [2.45, 2.75) is 32.5 Å². The molecule has 0 saturated heterocycles. The lowest BCUT2D eigenvalue weighted by atomic mass is 10.2. The van der Waals surface area contributed by atoms with Crippen LogP contribution in [0.5, 0.6) is 0 Å². The van der Waals surface area contributed by atoms with Gasteiger partial charge in [-0.1, -0.05) is 0 Å². The van der Waals surface area contributed by atoms with Crippen LogP contribution in [0.3, 0.4) is 0 Å². The zero-order chi connectivity index (χ0) is 12.0. The van der Waals surface area contributed by atoms with E-state index in [4.69, 9.17) is 10.5 Å². The predicted molar refractivity (Wildman–Crippen MR) is 64.2 cm³/mol. The lowest BCUT2D eigenvalue weighted by molar-refractivity contribution is 0.114. The first-order valence-corrected chi connectivity index (χ1v) is 5.69. The quantitative estimate of drug-likeness (QED) is 0.711. The third-order valence-electron chi connectivity index (χ3n) is 2.73. The fraction of sp³-hybridized carbons (Fsp3) is 0.727. The number of nitrogens with two attached hydrogens (primary N) is 1. The van der Waals surface area contributed by atoms with E-state index in [1.54, 1.807) is 7.11 Å². The number of hydrogen-bond acceptors (Lipinski definition) is 4. The highest BCUT2D eigenvalue weighted by molar-refractivity contribution is 5.06. The van der Waals surface area contributed by atoms with Crippen LogP contribution < -0.4 is 11.1 Å². The fourth-order valence-corrected chi connectivity index (χ4v) is 1.59. The monoisotopic (exact) mass is 226 g/mol. The minimum Gasteiger partial charge on any atom is -0.380 e. The second-order valence-corrected chi connectivity index (χ2v) is 3.85. The largest absolute Gasteiger partial charge is 0.380 e. The highest BCUT2D eigenvalue weighted by Crippen LogP contribution is 2.11. The third-order valence-corrected chi connectivity index (χ3v) is 2.73. The van der Waals surface area contributed by atoms with Crippen molar-refractivity contribution in [1.29, 1.82) is 0 Å². The Morgan fingerprint density at radius 3 is 2.94 bits per heavy atom. The molecule has 2 unspecified atom stereocenters. The summed E-state index contributed by atoms with van der Waals surface area (Å²) in [5, 5.41) is 3.39. The number of aryl methyl sites for hydroxylation is 1. The SMILES string of the molecule is CCn1cncc1C(CN)NCC(C)OC. The van der Waals surface area contributed by atoms with E-state index in [1.165, 1.54) is 0 Å². The van der Waals surface area contributed by atoms with Crippen molar-refractivity contribution in [3.05, 3.63) is 18.2 Å². The Hall–Kier alpha value is -0.910. The summed E-state index contributed by atoms with van der Waals surface area (Å²) in [7, 11) is 1.71. The summed E-state index contributed by atoms with van der Waals surface area (Å²) >= 11 is 0. The van der Waals surface area contributed by atoms with Crippen LogP contribution in [-0.2, 0) is 11.3 Å². The topological polar surface area (TPSA) is 65.1 Å². The smallest absolute Gasteiger partial charge is 0.0948 e. The maximum atomic E-state index is 5.77. The van der Waals surface area contributed by atoms with Gasteiger partial charge in [-0.2, -0.15) is 0 Å². The van der Waals surface area contributed by atoms with Gasteiger partial charge in [-0.25, -0.2) is 4.98 Å². The lowest BCUT2D eigenvalue weighted by Gasteiger charge is -2.20. The Labute approximate surface area is 97.0 Å². The second-order valence-electron chi connectivity index (χ2n) is 3.85. The molecular formula is C11H22N4O. The van der Waals surface area contributed by atoms with Gasteiger partial charge in [0.05, 0.1) is 24.2 Å². The first-order chi connectivity index (χ1) is 7.72. The van der Waals surface area contributed by atoms with Gasteiger partial charge in [-0.3, -0.25) is 0 Å². The van der Waals surface area contributed by atoms with Crippen molar-refractivity contribution in [3.8, 4) is 0 Å². The van der Waals surface area contributed by atoms with Crippen LogP contribution in [0.2, 0.25) is 0 Å². The van der Waals surface area contributed by atoms with E-state index < -0.39 is 0 Å². The first kappa shape index (κ1) is 13.2. The summed E-state index contributed by atoms with van der Waals surface area (Å²) in [5.74, 6) is 0. The third kappa shape index (κ3) is 3.30. The van der Waals surface area contributed by atoms with Crippen molar-refractivity contribution in [1.82, 2.24) is 14.9 Å². The van der Waals surface area contributed by atoms with E-state index in [9.17, 15) is 0 Å². The number of methoxy groups -OCH3 is 1. The number of nitrogens with one attached hydrogen (secondary N) is 1. The molecule has 1 aromatic heterocycles. The summed E-state index contributed by atoms with van der Waals surface area (Å²) in [6.07, 6.45) is 3.89. The molecule has 0 aromatic carbocycles. The molecule has 1 heterocycles. The molecule has 5 heteroatoms. The number of aromatic nitrogens is 2. The van der Waals surface area contributed by atoms with Gasteiger partial charge >= 0.3 is 0 Å². The molecule has 5 nitrogen and oxygen atoms in total. The average molecular weight is 226 g/mol. The standard InChI is InChI=1S/C11H22N4O/c1-4-15-8-13-7-11(15)10(5-12)14-6-9(2)16-3/h7-10,14H,4-6,12H2,1-3H3. The van der Waals surface area contributed by atoms with E-state index in [-0.39, 0.29) is 12.1 Å². The highest BCUT2D eigenvalue weighted by atomic mass is 16.5. The van der Waals surface area contributed by atoms with Gasteiger partial charge in [-0.05, 0) is 13.8 Å². The molecule has 1 rings (SSSR count). The van der Waals surface area contributed by atoms with Crippen molar-refractivity contribution < 1.29 is 4.74 Å². The van der Waals surface area contributed by atoms with E-state index >= 15 is 0 Å². The Bertz CT molecular complexity index is 300. The number of rotatable bonds is 7. The fourth-order valence-electron chi connectivity index (χ4n) is 1.59. The van der Waals surface area contributed by atoms with Crippen LogP contribution in [0.25, 0.3) is 0 Å². The molecule has 92 valence electrons. The van der Waals surface area contributed by atoms with Crippen LogP contribution >= 0.6 is 0 Å². The van der Waals surface area contributed by atoms with Gasteiger partial charge in [0.15, 0.2) is 0 Å². The number of imidazole rings is 1. The van der Waals surface area contributed by atoms with Crippen LogP contribution in [0.15, 0.2) is 12.5 Å². The summed E-state index contributed by atoms with van der Waals surface area (Å²) in [5.41, 5.74) is 6.90. The molecule has 0 bridgehead atoms. The average Bonchev–Trinajstić information content (AvgIpc) is 2.77. The number of hydrogen-bond donors (Lipinski definition) is 2. The number of nitrogens with zero attached hydrogens (tertiary/aromatic N) is 2. The second kappa shape index (κ2) is 6.62. The molecule has 1 aromatic rings. The Balaban J connectivity index is 2.60. The predicted octanol–water partition coefficient (Wildman–Crippen LogP) is 0.527. The minimum absolute atomic E-state index is 0.139. The first-order valence-electron chi connectivity index (χ1n) is 5.69. The van der Waals surface area contributed by atoms with Crippen LogP contribution in [0, 0.1) is 0 Å². The Kier molecular flexibility index (Phi) is 5.45. The molecule has 0 spiro atoms. The van der Waals surface area contributed by atoms with Crippen molar-refractivity contribution in [2.24, 2.45) is 5.73 Å². The van der Waals surface area contributed by atoms with Crippen LogP contribution in [-0.4, -0.2) is 35.9 Å². The normalized spacial score (nSPS) is 15.0. The molecular weight excluding hydrogens is 204 g/mol. The van der Waals surface area contributed by atoms with Crippen LogP contribution in [0.4, 0.5) is 0 Å². The Morgan fingerprint density at radius 2 is 2.38 bits per heavy atom. The molecule has 16 heavy (non-hydrogen) atoms.